The van der Waals surface area contributed by atoms with E-state index in [1.807, 2.05) is 0 Å². The van der Waals surface area contributed by atoms with E-state index in [1.165, 1.54) is 0 Å². The van der Waals surface area contributed by atoms with E-state index in [4.69, 9.17) is 6.85 Å². The van der Waals surface area contributed by atoms with Crippen molar-refractivity contribution in [1.29, 1.82) is 0 Å². The first-order valence-electron chi connectivity index (χ1n) is 4.06. The lowest BCUT2D eigenvalue weighted by molar-refractivity contribution is 1.22. The summed E-state index contributed by atoms with van der Waals surface area (Å²) >= 11 is 0. The lowest BCUT2D eigenvalue weighted by Gasteiger charge is -1.65. The maximum Gasteiger partial charge on any atom is 0.0572 e. The number of hydrogen-bond donors (Lipinski definition) is 0. The second kappa shape index (κ2) is 3.74. The molecule has 0 unspecified atom stereocenters. The van der Waals surface area contributed by atoms with Crippen LogP contribution < -0.4 is 0 Å². The van der Waals surface area contributed by atoms with Crippen LogP contribution in [0.4, 0.5) is 0 Å². The zero-order chi connectivity index (χ0) is 8.36. The molecular weight excluding hydrogens is 60.1 g/mol. The maximum absolute atomic E-state index is 7.01. The van der Waals surface area contributed by atoms with Crippen molar-refractivity contribution in [1.82, 2.24) is 0 Å². The van der Waals surface area contributed by atoms with Gasteiger partial charge in [0.05, 0.1) is 2.74 Å². The highest BCUT2D eigenvalue weighted by Crippen LogP contribution is 1.73. The molecule has 0 N–H and O–H groups in total. The van der Waals surface area contributed by atoms with Gasteiger partial charge in [0, 0.05) is 4.11 Å². The zero-order valence-electron chi connectivity index (χ0n) is 8.21. The zero-order valence-corrected chi connectivity index (χ0v) is 3.21. The van der Waals surface area contributed by atoms with Crippen molar-refractivity contribution in [2.24, 2.45) is 0 Å². The first-order chi connectivity index (χ1) is 4.39. The third kappa shape index (κ3) is 3.74. The van der Waals surface area contributed by atoms with Crippen molar-refractivity contribution in [2.45, 2.75) is 20.2 Å². The number of rotatable bonds is 1. The molecule has 0 aliphatic carbocycles. The molecule has 0 amide bonds. The second-order valence-corrected chi connectivity index (χ2v) is 0.655. The SMILES string of the molecule is [2H]C(CC)=C([2H])C([2H])([2H])[2H]. The maximum atomic E-state index is 7.01. The fraction of sp³-hybridized carbons (Fsp3) is 0.600. The molecule has 0 aromatic heterocycles. The van der Waals surface area contributed by atoms with Gasteiger partial charge >= 0.3 is 0 Å². The van der Waals surface area contributed by atoms with Gasteiger partial charge in [-0.15, -0.1) is 0 Å². The van der Waals surface area contributed by atoms with Crippen LogP contribution in [-0.4, -0.2) is 0 Å². The summed E-state index contributed by atoms with van der Waals surface area (Å²) in [5, 5.41) is 0. The van der Waals surface area contributed by atoms with E-state index in [-0.39, 0.29) is 6.05 Å². The van der Waals surface area contributed by atoms with E-state index < -0.39 is 12.9 Å². The molecule has 0 aromatic rings. The van der Waals surface area contributed by atoms with E-state index in [9.17, 15) is 0 Å². The average Bonchev–Trinajstić information content (AvgIpc) is 1.83. The Morgan fingerprint density at radius 2 is 3.00 bits per heavy atom. The van der Waals surface area contributed by atoms with Gasteiger partial charge in [-0.05, 0) is 13.3 Å². The Morgan fingerprint density at radius 3 is 3.20 bits per heavy atom. The first kappa shape index (κ1) is 0.868. The van der Waals surface area contributed by atoms with Crippen molar-refractivity contribution < 1.29 is 6.85 Å². The van der Waals surface area contributed by atoms with Gasteiger partial charge in [-0.2, -0.15) is 0 Å². The number of allylic oxidation sites excluding steroid dienone is 2. The molecule has 0 rings (SSSR count). The minimum absolute atomic E-state index is 0.111. The van der Waals surface area contributed by atoms with Gasteiger partial charge in [-0.1, -0.05) is 19.0 Å². The summed E-state index contributed by atoms with van der Waals surface area (Å²) in [7, 11) is 0. The van der Waals surface area contributed by atoms with Gasteiger partial charge in [0.1, 0.15) is 0 Å². The Labute approximate surface area is 40.5 Å². The standard InChI is InChI=1S/C5H10/c1-3-5-4-2/h3,5H,4H2,1-2H3/i1D3,3D,5D. The lowest BCUT2D eigenvalue weighted by atomic mass is 10.4. The summed E-state index contributed by atoms with van der Waals surface area (Å²) in [6.07, 6.45) is 0.303. The Hall–Kier alpha value is -0.260. The van der Waals surface area contributed by atoms with Gasteiger partial charge in [0.15, 0.2) is 0 Å². The topological polar surface area (TPSA) is 0 Å². The third-order valence-electron chi connectivity index (χ3n) is 0.265. The molecule has 0 spiro atoms. The monoisotopic (exact) mass is 75.1 g/mol. The summed E-state index contributed by atoms with van der Waals surface area (Å²) in [6, 6.07) is -0.657. The normalized spacial score (nSPS) is 31.0. The van der Waals surface area contributed by atoms with Crippen LogP contribution in [0.1, 0.15) is 27.1 Å². The molecule has 0 aromatic carbocycles. The highest BCUT2D eigenvalue weighted by Gasteiger charge is 1.52. The predicted octanol–water partition coefficient (Wildman–Crippen LogP) is 1.97. The summed E-state index contributed by atoms with van der Waals surface area (Å²) in [4.78, 5) is 0. The summed E-state index contributed by atoms with van der Waals surface area (Å²) in [5.41, 5.74) is 0. The van der Waals surface area contributed by atoms with Crippen molar-refractivity contribution in [2.75, 3.05) is 0 Å². The fourth-order valence-electron chi connectivity index (χ4n) is 0.0884. The summed E-state index contributed by atoms with van der Waals surface area (Å²) in [6.45, 7) is -0.754. The molecule has 5 heavy (non-hydrogen) atoms. The van der Waals surface area contributed by atoms with E-state index in [1.54, 1.807) is 6.92 Å². The van der Waals surface area contributed by atoms with Gasteiger partial charge < -0.3 is 0 Å². The number of hydrogen-bond acceptors (Lipinski definition) is 0. The third-order valence-corrected chi connectivity index (χ3v) is 0.265. The van der Waals surface area contributed by atoms with Crippen LogP contribution in [0.5, 0.6) is 0 Å². The van der Waals surface area contributed by atoms with Crippen LogP contribution in [0, 0.1) is 0 Å². The minimum atomic E-state index is -2.41. The molecule has 0 aliphatic heterocycles. The Morgan fingerprint density at radius 1 is 2.20 bits per heavy atom. The molecule has 0 fully saturated rings. The Balaban J connectivity index is 4.47. The molecule has 0 atom stereocenters. The first-order valence-corrected chi connectivity index (χ1v) is 1.56. The summed E-state index contributed by atoms with van der Waals surface area (Å²) < 4.78 is 34.2. The fourth-order valence-corrected chi connectivity index (χ4v) is 0.0884. The van der Waals surface area contributed by atoms with E-state index in [2.05, 4.69) is 0 Å². The molecule has 0 nitrogen and oxygen atoms in total. The highest BCUT2D eigenvalue weighted by molar-refractivity contribution is 4.73. The van der Waals surface area contributed by atoms with Crippen LogP contribution in [0.25, 0.3) is 0 Å². The largest absolute Gasteiger partial charge is 0.0917 e. The van der Waals surface area contributed by atoms with Crippen LogP contribution in [0.3, 0.4) is 0 Å². The highest BCUT2D eigenvalue weighted by atomic mass is 13.6. The van der Waals surface area contributed by atoms with Crippen LogP contribution in [0.15, 0.2) is 12.1 Å². The van der Waals surface area contributed by atoms with Gasteiger partial charge in [-0.25, -0.2) is 0 Å². The molecule has 0 bridgehead atoms. The average molecular weight is 75.2 g/mol. The lowest BCUT2D eigenvalue weighted by Crippen LogP contribution is -1.43. The predicted molar refractivity (Wildman–Crippen MR) is 25.1 cm³/mol. The second-order valence-electron chi connectivity index (χ2n) is 0.655. The molecule has 0 heteroatoms. The van der Waals surface area contributed by atoms with E-state index in [0.29, 0.717) is 6.42 Å². The minimum Gasteiger partial charge on any atom is -0.0917 e. The quantitative estimate of drug-likeness (QED) is 0.418. The molecule has 0 radical (unpaired) electrons. The molecule has 0 aliphatic rings. The Bertz CT molecular complexity index is 143. The van der Waals surface area contributed by atoms with Crippen LogP contribution >= 0.6 is 0 Å². The molecule has 0 heterocycles. The van der Waals surface area contributed by atoms with Crippen molar-refractivity contribution in [3.63, 3.8) is 0 Å². The smallest absolute Gasteiger partial charge is 0.0572 e. The molecule has 0 saturated carbocycles. The van der Waals surface area contributed by atoms with Crippen LogP contribution in [0.2, 0.25) is 0 Å². The summed E-state index contributed by atoms with van der Waals surface area (Å²) in [5.74, 6) is 0. The van der Waals surface area contributed by atoms with Crippen molar-refractivity contribution in [3.05, 3.63) is 12.1 Å². The molecule has 0 saturated heterocycles. The molecule has 30 valence electrons. The van der Waals surface area contributed by atoms with Gasteiger partial charge in [0.2, 0.25) is 0 Å². The van der Waals surface area contributed by atoms with Gasteiger partial charge in [-0.3, -0.25) is 0 Å². The van der Waals surface area contributed by atoms with Crippen molar-refractivity contribution >= 4 is 0 Å². The van der Waals surface area contributed by atoms with Crippen LogP contribution in [-0.2, 0) is 0 Å². The Kier molecular flexibility index (Phi) is 0.649. The van der Waals surface area contributed by atoms with Crippen molar-refractivity contribution in [3.8, 4) is 0 Å². The van der Waals surface area contributed by atoms with Gasteiger partial charge in [0.25, 0.3) is 0 Å². The van der Waals surface area contributed by atoms with E-state index >= 15 is 0 Å². The van der Waals surface area contributed by atoms with E-state index in [0.717, 1.165) is 0 Å². The molecular formula is C5H10.